The van der Waals surface area contributed by atoms with Crippen molar-refractivity contribution in [3.63, 3.8) is 0 Å². The van der Waals surface area contributed by atoms with Crippen molar-refractivity contribution >= 4 is 93.8 Å². The van der Waals surface area contributed by atoms with Crippen LogP contribution in [0, 0.1) is 0 Å². The van der Waals surface area contributed by atoms with E-state index in [9.17, 15) is 20.4 Å². The van der Waals surface area contributed by atoms with E-state index >= 15 is 0 Å². The number of hydrogen-bond donors (Lipinski definition) is 4. The first-order chi connectivity index (χ1) is 15.1. The van der Waals surface area contributed by atoms with Crippen LogP contribution in [0.25, 0.3) is 0 Å². The Morgan fingerprint density at radius 2 is 1.53 bits per heavy atom. The van der Waals surface area contributed by atoms with Crippen molar-refractivity contribution in [1.82, 2.24) is 0 Å². The van der Waals surface area contributed by atoms with Crippen LogP contribution < -0.4 is 0 Å². The van der Waals surface area contributed by atoms with Gasteiger partial charge in [0.15, 0.2) is 0 Å². The summed E-state index contributed by atoms with van der Waals surface area (Å²) in [4.78, 5) is 0. The van der Waals surface area contributed by atoms with E-state index < -0.39 is 45.8 Å². The zero-order valence-electron chi connectivity index (χ0n) is 21.4. The SMILES string of the molecule is [10BH-][10BH][10B]([10BH2])[10B]=[S+](CCCCCCCC)([10B]([10B]([10BH2])[10BH2])[10B]([10BH2])[10BH2])C1C(O)OC(CO)C(O)C1O. The predicted molar refractivity (Wildman–Crippen MR) is 165 cm³/mol. The standard InChI is InChI=1S/C14H40B12O5S/c1-2-3-4-5-6-7-8-32(22-25(20)21-15,26(23(16)17)24(18)19)13-12(29)11(28)10(9-27)31-14(13)30/h10-15,21,27-30H,2-9,16-20H2,1H3/i15-1,16-1,17-1,18-1,19-1,20-1,21-1,22-1,23-1,24-1,25-1,26-1. The molecule has 4 N–H and O–H groups in total. The van der Waals surface area contributed by atoms with Crippen LogP contribution in [-0.4, -0.2) is 147 Å². The molecule has 5 nitrogen and oxygen atoms in total. The van der Waals surface area contributed by atoms with Gasteiger partial charge in [-0.1, -0.05) is 0 Å². The van der Waals surface area contributed by atoms with Crippen molar-refractivity contribution < 1.29 is 25.2 Å². The molecular weight excluding hydrogens is 400 g/mol. The van der Waals surface area contributed by atoms with Crippen LogP contribution in [0.3, 0.4) is 0 Å². The van der Waals surface area contributed by atoms with Gasteiger partial charge in [0.1, 0.15) is 0 Å². The summed E-state index contributed by atoms with van der Waals surface area (Å²) >= 11 is 0. The van der Waals surface area contributed by atoms with Gasteiger partial charge in [-0.3, -0.25) is 0 Å². The number of rotatable bonds is 14. The first kappa shape index (κ1) is 31.0. The van der Waals surface area contributed by atoms with E-state index in [1.165, 1.54) is 25.7 Å². The van der Waals surface area contributed by atoms with Gasteiger partial charge in [-0.25, -0.2) is 0 Å². The Morgan fingerprint density at radius 1 is 0.969 bits per heavy atom. The molecule has 0 bridgehead atoms. The fraction of sp³-hybridized carbons (Fsp3) is 1.00. The summed E-state index contributed by atoms with van der Waals surface area (Å²) in [5.41, 5.74) is 0. The Labute approximate surface area is 206 Å². The number of aliphatic hydroxyl groups excluding tert-OH is 4. The first-order valence-electron chi connectivity index (χ1n) is 12.8. The summed E-state index contributed by atoms with van der Waals surface area (Å²) in [5.74, 6) is 1.17. The molecule has 1 heterocycles. The fourth-order valence-corrected chi connectivity index (χ4v) is 12.0. The fourth-order valence-electron chi connectivity index (χ4n) is 5.67. The predicted octanol–water partition coefficient (Wildman–Crippen LogP) is -7.55. The van der Waals surface area contributed by atoms with Crippen LogP contribution in [0.4, 0.5) is 0 Å². The van der Waals surface area contributed by atoms with E-state index in [2.05, 4.69) is 59.4 Å². The molecule has 1 fully saturated rings. The van der Waals surface area contributed by atoms with Gasteiger partial charge < -0.3 is 0 Å². The third-order valence-corrected chi connectivity index (χ3v) is 12.6. The molecule has 0 spiro atoms. The van der Waals surface area contributed by atoms with Gasteiger partial charge in [-0.15, -0.1) is 0 Å². The molecule has 0 aliphatic carbocycles. The van der Waals surface area contributed by atoms with Crippen LogP contribution in [0.2, 0.25) is 0 Å². The molecule has 6 atom stereocenters. The van der Waals surface area contributed by atoms with Crippen LogP contribution in [0.15, 0.2) is 0 Å². The van der Waals surface area contributed by atoms with Gasteiger partial charge in [-0.05, 0) is 0 Å². The first-order valence-corrected chi connectivity index (χ1v) is 14.8. The number of hydrogen-bond acceptors (Lipinski definition) is 5. The number of aliphatic hydroxyl groups is 4. The summed E-state index contributed by atoms with van der Waals surface area (Å²) in [7, 11) is 14.2. The molecule has 2 radical (unpaired) electrons. The molecule has 0 saturated carbocycles. The molecule has 0 aromatic rings. The Kier molecular flexibility index (Phi) is 14.6. The maximum atomic E-state index is 11.3. The molecule has 168 valence electrons. The molecule has 0 amide bonds. The minimum atomic E-state index is -1.74. The van der Waals surface area contributed by atoms with Gasteiger partial charge in [0.2, 0.25) is 0 Å². The topological polar surface area (TPSA) is 90.2 Å². The quantitative estimate of drug-likeness (QED) is 0.122. The van der Waals surface area contributed by atoms with Crippen LogP contribution in [0.1, 0.15) is 45.4 Å². The van der Waals surface area contributed by atoms with E-state index in [0.29, 0.717) is 12.8 Å². The van der Waals surface area contributed by atoms with Gasteiger partial charge in [0.25, 0.3) is 0 Å². The number of unbranched alkanes of at least 4 members (excludes halogenated alkanes) is 5. The second-order valence-electron chi connectivity index (χ2n) is 10.4. The van der Waals surface area contributed by atoms with Crippen molar-refractivity contribution in [3.8, 4) is 0 Å². The van der Waals surface area contributed by atoms with Gasteiger partial charge in [0, 0.05) is 0 Å². The van der Waals surface area contributed by atoms with E-state index in [1.54, 1.807) is 0 Å². The van der Waals surface area contributed by atoms with Crippen molar-refractivity contribution in [2.75, 3.05) is 12.4 Å². The van der Waals surface area contributed by atoms with Gasteiger partial charge in [0.05, 0.1) is 0 Å². The molecule has 0 aromatic carbocycles. The third-order valence-electron chi connectivity index (χ3n) is 6.96. The molecule has 1 saturated heterocycles. The second kappa shape index (κ2) is 15.1. The van der Waals surface area contributed by atoms with Gasteiger partial charge in [-0.2, -0.15) is 0 Å². The summed E-state index contributed by atoms with van der Waals surface area (Å²) in [6, 6.07) is 2.39. The Balaban J connectivity index is 3.51. The molecule has 0 aromatic heterocycles. The molecule has 1 aliphatic heterocycles. The zero-order chi connectivity index (χ0) is 24.5. The van der Waals surface area contributed by atoms with Crippen molar-refractivity contribution in [2.45, 2.75) is 75.3 Å². The molecular formula is C14H40B12O5S. The molecule has 1 aliphatic rings. The molecule has 6 unspecified atom stereocenters. The normalized spacial score (nSPS) is 27.1. The summed E-state index contributed by atoms with van der Waals surface area (Å²) in [6.07, 6.45) is 3.48. The van der Waals surface area contributed by atoms with Crippen LogP contribution in [0.5, 0.6) is 0 Å². The van der Waals surface area contributed by atoms with Crippen molar-refractivity contribution in [1.29, 1.82) is 0 Å². The van der Waals surface area contributed by atoms with E-state index in [4.69, 9.17) is 4.74 Å². The third kappa shape index (κ3) is 7.98. The minimum absolute atomic E-state index is 0.234. The summed E-state index contributed by atoms with van der Waals surface area (Å²) < 4.78 is 5.70. The average molecular weight is 441 g/mol. The monoisotopic (exact) mass is 440 g/mol. The van der Waals surface area contributed by atoms with Crippen molar-refractivity contribution in [3.05, 3.63) is 0 Å². The average Bonchev–Trinajstić information content (AvgIpc) is 2.72. The van der Waals surface area contributed by atoms with E-state index in [-0.39, 0.29) is 12.2 Å². The number of ether oxygens (including phenoxy) is 1. The molecule has 32 heavy (non-hydrogen) atoms. The van der Waals surface area contributed by atoms with E-state index in [1.807, 2.05) is 0 Å². The van der Waals surface area contributed by atoms with Crippen molar-refractivity contribution in [2.24, 2.45) is 0 Å². The summed E-state index contributed by atoms with van der Waals surface area (Å²) in [5, 5.41) is 42.2. The van der Waals surface area contributed by atoms with Crippen LogP contribution >= 0.6 is 0 Å². The van der Waals surface area contributed by atoms with Crippen LogP contribution in [-0.2, 0) is 14.0 Å². The van der Waals surface area contributed by atoms with E-state index in [0.717, 1.165) is 25.7 Å². The Hall–Kier alpha value is 0.929. The maximum absolute atomic E-state index is 11.3. The zero-order valence-corrected chi connectivity index (χ0v) is 22.3. The second-order valence-corrected chi connectivity index (χ2v) is 14.0. The molecule has 1 rings (SSSR count). The Bertz CT molecular complexity index is 582. The molecule has 18 heteroatoms. The van der Waals surface area contributed by atoms with Gasteiger partial charge >= 0.3 is 207 Å². The Morgan fingerprint density at radius 3 is 2.03 bits per heavy atom. The summed E-state index contributed by atoms with van der Waals surface area (Å²) in [6.45, 7) is 1.79.